The van der Waals surface area contributed by atoms with Crippen LogP contribution in [-0.2, 0) is 13.1 Å². The monoisotopic (exact) mass is 295 g/mol. The molecule has 0 aromatic heterocycles. The van der Waals surface area contributed by atoms with Gasteiger partial charge in [-0.3, -0.25) is 0 Å². The van der Waals surface area contributed by atoms with Crippen LogP contribution in [0.4, 0.5) is 0 Å². The number of nitrogens with one attached hydrogen (secondary N) is 1. The minimum Gasteiger partial charge on any atom is -0.481 e. The van der Waals surface area contributed by atoms with E-state index < -0.39 is 0 Å². The Hall–Kier alpha value is -2.64. The highest BCUT2D eigenvalue weighted by molar-refractivity contribution is 5.44. The fourth-order valence-electron chi connectivity index (χ4n) is 2.30. The van der Waals surface area contributed by atoms with Gasteiger partial charge in [0.2, 0.25) is 6.79 Å². The number of hydrogen-bond acceptors (Lipinski definition) is 4. The van der Waals surface area contributed by atoms with E-state index in [4.69, 9.17) is 20.6 Å². The van der Waals surface area contributed by atoms with Crippen LogP contribution in [0, 0.1) is 12.3 Å². The van der Waals surface area contributed by atoms with E-state index in [2.05, 4.69) is 11.2 Å². The van der Waals surface area contributed by atoms with Crippen molar-refractivity contribution in [2.45, 2.75) is 13.1 Å². The third-order valence-electron chi connectivity index (χ3n) is 3.37. The molecule has 2 aromatic carbocycles. The van der Waals surface area contributed by atoms with Crippen molar-refractivity contribution < 1.29 is 14.2 Å². The zero-order valence-electron chi connectivity index (χ0n) is 12.2. The van der Waals surface area contributed by atoms with Crippen molar-refractivity contribution in [3.63, 3.8) is 0 Å². The van der Waals surface area contributed by atoms with Crippen LogP contribution >= 0.6 is 0 Å². The minimum atomic E-state index is 0.277. The number of hydrogen-bond donors (Lipinski definition) is 1. The van der Waals surface area contributed by atoms with Gasteiger partial charge in [0.15, 0.2) is 11.5 Å². The van der Waals surface area contributed by atoms with E-state index in [-0.39, 0.29) is 6.61 Å². The molecule has 0 bridgehead atoms. The molecule has 0 saturated carbocycles. The number of terminal acetylenes is 1. The van der Waals surface area contributed by atoms with Crippen LogP contribution in [0.5, 0.6) is 17.2 Å². The normalized spacial score (nSPS) is 12.0. The van der Waals surface area contributed by atoms with E-state index in [1.54, 1.807) is 0 Å². The summed E-state index contributed by atoms with van der Waals surface area (Å²) in [6.07, 6.45) is 5.23. The molecule has 0 saturated heterocycles. The van der Waals surface area contributed by atoms with Crippen molar-refractivity contribution in [2.75, 3.05) is 13.4 Å². The Bertz CT molecular complexity index is 691. The van der Waals surface area contributed by atoms with Gasteiger partial charge in [0.1, 0.15) is 12.4 Å². The molecular formula is C18H17NO3. The van der Waals surface area contributed by atoms with Gasteiger partial charge >= 0.3 is 0 Å². The van der Waals surface area contributed by atoms with Crippen molar-refractivity contribution in [2.24, 2.45) is 0 Å². The maximum Gasteiger partial charge on any atom is 0.231 e. The Morgan fingerprint density at radius 3 is 2.86 bits per heavy atom. The lowest BCUT2D eigenvalue weighted by Crippen LogP contribution is -2.13. The quantitative estimate of drug-likeness (QED) is 0.832. The van der Waals surface area contributed by atoms with Crippen molar-refractivity contribution in [3.05, 3.63) is 53.6 Å². The van der Waals surface area contributed by atoms with Crippen LogP contribution in [0.1, 0.15) is 11.1 Å². The van der Waals surface area contributed by atoms with Crippen molar-refractivity contribution >= 4 is 0 Å². The second-order valence-corrected chi connectivity index (χ2v) is 4.89. The molecule has 3 rings (SSSR count). The fraction of sp³-hybridized carbons (Fsp3) is 0.222. The first-order valence-electron chi connectivity index (χ1n) is 7.10. The second kappa shape index (κ2) is 6.88. The smallest absolute Gasteiger partial charge is 0.231 e. The molecule has 0 radical (unpaired) electrons. The molecule has 0 atom stereocenters. The molecule has 2 aromatic rings. The van der Waals surface area contributed by atoms with E-state index in [0.29, 0.717) is 13.3 Å². The van der Waals surface area contributed by atoms with Gasteiger partial charge in [-0.2, -0.15) is 0 Å². The standard InChI is InChI=1S/C18H17NO3/c1-2-9-20-16-6-4-3-5-15(16)12-19-11-14-7-8-17-18(10-14)22-13-21-17/h1,3-8,10,19H,9,11-13H2. The summed E-state index contributed by atoms with van der Waals surface area (Å²) in [5.74, 6) is 4.90. The van der Waals surface area contributed by atoms with Gasteiger partial charge < -0.3 is 19.5 Å². The predicted octanol–water partition coefficient (Wildman–Crippen LogP) is 2.72. The maximum atomic E-state index is 5.54. The van der Waals surface area contributed by atoms with Crippen LogP contribution in [0.2, 0.25) is 0 Å². The molecule has 22 heavy (non-hydrogen) atoms. The molecule has 112 valence electrons. The van der Waals surface area contributed by atoms with Crippen LogP contribution in [0.15, 0.2) is 42.5 Å². The summed E-state index contributed by atoms with van der Waals surface area (Å²) in [6.45, 7) is 2.01. The Morgan fingerprint density at radius 2 is 1.95 bits per heavy atom. The molecule has 0 spiro atoms. The average Bonchev–Trinajstić information content (AvgIpc) is 3.01. The number of para-hydroxylation sites is 1. The highest BCUT2D eigenvalue weighted by atomic mass is 16.7. The molecule has 0 aliphatic carbocycles. The summed E-state index contributed by atoms with van der Waals surface area (Å²) in [7, 11) is 0. The predicted molar refractivity (Wildman–Crippen MR) is 83.9 cm³/mol. The molecule has 0 fully saturated rings. The second-order valence-electron chi connectivity index (χ2n) is 4.89. The first-order valence-corrected chi connectivity index (χ1v) is 7.10. The summed E-state index contributed by atoms with van der Waals surface area (Å²) in [6, 6.07) is 13.8. The van der Waals surface area contributed by atoms with E-state index in [1.165, 1.54) is 0 Å². The molecule has 4 nitrogen and oxygen atoms in total. The van der Waals surface area contributed by atoms with Crippen LogP contribution < -0.4 is 19.5 Å². The summed E-state index contributed by atoms with van der Waals surface area (Å²) in [4.78, 5) is 0. The maximum absolute atomic E-state index is 5.54. The van der Waals surface area contributed by atoms with Crippen molar-refractivity contribution in [1.82, 2.24) is 5.32 Å². The zero-order chi connectivity index (χ0) is 15.2. The molecule has 1 aliphatic rings. The zero-order valence-corrected chi connectivity index (χ0v) is 12.2. The lowest BCUT2D eigenvalue weighted by Gasteiger charge is -2.11. The van der Waals surface area contributed by atoms with Gasteiger partial charge in [0, 0.05) is 18.7 Å². The first-order chi connectivity index (χ1) is 10.9. The Kier molecular flexibility index (Phi) is 4.47. The third-order valence-corrected chi connectivity index (χ3v) is 3.37. The van der Waals surface area contributed by atoms with Crippen molar-refractivity contribution in [3.8, 4) is 29.6 Å². The number of rotatable bonds is 6. The van der Waals surface area contributed by atoms with Gasteiger partial charge in [0.05, 0.1) is 0 Å². The molecule has 0 unspecified atom stereocenters. The Morgan fingerprint density at radius 1 is 1.09 bits per heavy atom. The largest absolute Gasteiger partial charge is 0.481 e. The molecular weight excluding hydrogens is 278 g/mol. The van der Waals surface area contributed by atoms with Gasteiger partial charge in [-0.25, -0.2) is 0 Å². The Labute approximate surface area is 130 Å². The van der Waals surface area contributed by atoms with E-state index in [1.807, 2.05) is 42.5 Å². The van der Waals surface area contributed by atoms with E-state index in [0.717, 1.165) is 34.9 Å². The van der Waals surface area contributed by atoms with Gasteiger partial charge in [0.25, 0.3) is 0 Å². The number of ether oxygens (including phenoxy) is 3. The van der Waals surface area contributed by atoms with Crippen LogP contribution in [-0.4, -0.2) is 13.4 Å². The van der Waals surface area contributed by atoms with E-state index >= 15 is 0 Å². The molecule has 1 N–H and O–H groups in total. The Balaban J connectivity index is 1.58. The van der Waals surface area contributed by atoms with Crippen LogP contribution in [0.25, 0.3) is 0 Å². The third kappa shape index (κ3) is 3.33. The van der Waals surface area contributed by atoms with Gasteiger partial charge in [-0.15, -0.1) is 6.42 Å². The first kappa shape index (κ1) is 14.3. The average molecular weight is 295 g/mol. The topological polar surface area (TPSA) is 39.7 Å². The summed E-state index contributed by atoms with van der Waals surface area (Å²) >= 11 is 0. The molecule has 0 amide bonds. The van der Waals surface area contributed by atoms with E-state index in [9.17, 15) is 0 Å². The SMILES string of the molecule is C#CCOc1ccccc1CNCc1ccc2c(c1)OCO2. The van der Waals surface area contributed by atoms with Gasteiger partial charge in [-0.1, -0.05) is 30.2 Å². The molecule has 1 aliphatic heterocycles. The van der Waals surface area contributed by atoms with Crippen molar-refractivity contribution in [1.29, 1.82) is 0 Å². The fourth-order valence-corrected chi connectivity index (χ4v) is 2.30. The summed E-state index contributed by atoms with van der Waals surface area (Å²) in [5.41, 5.74) is 2.23. The summed E-state index contributed by atoms with van der Waals surface area (Å²) in [5, 5.41) is 3.40. The lowest BCUT2D eigenvalue weighted by atomic mass is 10.1. The number of benzene rings is 2. The molecule has 1 heterocycles. The lowest BCUT2D eigenvalue weighted by molar-refractivity contribution is 0.174. The highest BCUT2D eigenvalue weighted by Gasteiger charge is 2.12. The minimum absolute atomic E-state index is 0.277. The van der Waals surface area contributed by atoms with Crippen LogP contribution in [0.3, 0.4) is 0 Å². The number of fused-ring (bicyclic) bond motifs is 1. The highest BCUT2D eigenvalue weighted by Crippen LogP contribution is 2.32. The summed E-state index contributed by atoms with van der Waals surface area (Å²) < 4.78 is 16.2. The van der Waals surface area contributed by atoms with Gasteiger partial charge in [-0.05, 0) is 23.8 Å². The molecule has 4 heteroatoms.